The lowest BCUT2D eigenvalue weighted by Gasteiger charge is -2.21. The second-order valence-corrected chi connectivity index (χ2v) is 22.8. The highest BCUT2D eigenvalue weighted by Crippen LogP contribution is 2.60. The van der Waals surface area contributed by atoms with Crippen molar-refractivity contribution in [2.75, 3.05) is 25.6 Å². The van der Waals surface area contributed by atoms with Gasteiger partial charge in [0.15, 0.2) is 12.3 Å². The van der Waals surface area contributed by atoms with Crippen LogP contribution in [0, 0.1) is 5.92 Å². The van der Waals surface area contributed by atoms with Gasteiger partial charge in [0.2, 0.25) is 0 Å². The predicted molar refractivity (Wildman–Crippen MR) is 290 cm³/mol. The van der Waals surface area contributed by atoms with Crippen molar-refractivity contribution < 1.29 is 71.4 Å². The molecule has 0 radical (unpaired) electrons. The number of nitrogen functional groups attached to an aromatic ring is 1. The number of nitrogens with zero attached hydrogens (tertiary/aromatic N) is 2. The zero-order chi connectivity index (χ0) is 55.2. The number of unbranched alkanes of at least 4 members (excludes halogenated alkanes) is 19. The molecule has 0 amide bonds. The first kappa shape index (κ1) is 67.8. The summed E-state index contributed by atoms with van der Waals surface area (Å²) >= 11 is 0. The van der Waals surface area contributed by atoms with Crippen LogP contribution >= 0.6 is 15.6 Å². The van der Waals surface area contributed by atoms with Gasteiger partial charge in [0.05, 0.1) is 19.3 Å². The number of rotatable bonds is 45. The number of anilines is 1. The normalized spacial score (nSPS) is 19.6. The van der Waals surface area contributed by atoms with E-state index in [1.807, 2.05) is 30.4 Å². The Kier molecular flexibility index (Phi) is 36.9. The average molecular weight is 1100 g/mol. The Balaban J connectivity index is 1.80. The molecule has 1 aliphatic heterocycles. The molecule has 1 aliphatic rings. The van der Waals surface area contributed by atoms with Gasteiger partial charge in [0, 0.05) is 19.0 Å². The molecular weight excluding hydrogens is 1010 g/mol. The number of allylic oxidation sites excluding steroid dienone is 6. The lowest BCUT2D eigenvalue weighted by molar-refractivity contribution is -0.161. The molecule has 0 saturated carbocycles. The molecule has 19 nitrogen and oxygen atoms in total. The van der Waals surface area contributed by atoms with Crippen molar-refractivity contribution in [2.45, 2.75) is 231 Å². The van der Waals surface area contributed by atoms with Gasteiger partial charge in [0.25, 0.3) is 0 Å². The summed E-state index contributed by atoms with van der Waals surface area (Å²) in [6.07, 6.45) is 35.1. The van der Waals surface area contributed by atoms with Crippen LogP contribution in [-0.4, -0.2) is 96.9 Å². The minimum Gasteiger partial charge on any atom is -0.462 e. The van der Waals surface area contributed by atoms with Crippen LogP contribution in [0.2, 0.25) is 0 Å². The second kappa shape index (κ2) is 40.8. The number of aliphatic hydroxyl groups is 3. The molecule has 0 aromatic carbocycles. The first-order chi connectivity index (χ1) is 35.9. The number of hydrogen-bond acceptors (Lipinski definition) is 16. The van der Waals surface area contributed by atoms with Crippen molar-refractivity contribution in [2.24, 2.45) is 5.92 Å². The molecule has 0 aliphatic carbocycles. The number of carbonyl (C=O) groups is 2. The average Bonchev–Trinajstić information content (AvgIpc) is 3.63. The van der Waals surface area contributed by atoms with Crippen LogP contribution in [0.15, 0.2) is 65.7 Å². The Bertz CT molecular complexity index is 1980. The quantitative estimate of drug-likeness (QED) is 0.0116. The molecule has 75 heavy (non-hydrogen) atoms. The summed E-state index contributed by atoms with van der Waals surface area (Å²) in [6.45, 7) is 4.35. The van der Waals surface area contributed by atoms with Gasteiger partial charge >= 0.3 is 33.3 Å². The summed E-state index contributed by atoms with van der Waals surface area (Å²) in [7, 11) is -10.9. The van der Waals surface area contributed by atoms with Gasteiger partial charge < -0.3 is 45.1 Å². The number of aliphatic hydroxyl groups excluding tert-OH is 3. The summed E-state index contributed by atoms with van der Waals surface area (Å²) in [5.41, 5.74) is 4.58. The molecule has 8 atom stereocenters. The SMILES string of the molecule is CCCCC/C=C\C[C@H](O)/C=C/C=C\C/C=C\CCCC(=O)O[C@H](COC(=O)CCCCCCCCCCCCCCCCCCC(C)C)COP(=O)(O)OP(=O)(O)OC[C@H]1O[C@@H](n2ccc(N)nc2=O)[C@H](O)[C@@H]1O. The third-order valence-electron chi connectivity index (χ3n) is 12.4. The predicted octanol–water partition coefficient (Wildman–Crippen LogP) is 10.9. The molecule has 1 saturated heterocycles. The molecule has 0 spiro atoms. The number of nitrogens with two attached hydrogens (primary N) is 1. The van der Waals surface area contributed by atoms with Gasteiger partial charge in [-0.15, -0.1) is 0 Å². The third-order valence-corrected chi connectivity index (χ3v) is 15.0. The van der Waals surface area contributed by atoms with Gasteiger partial charge in [-0.1, -0.05) is 185 Å². The fourth-order valence-corrected chi connectivity index (χ4v) is 10.2. The first-order valence-corrected chi connectivity index (χ1v) is 30.6. The Labute approximate surface area is 446 Å². The van der Waals surface area contributed by atoms with E-state index < -0.39 is 89.8 Å². The number of carbonyl (C=O) groups excluding carboxylic acids is 2. The zero-order valence-electron chi connectivity index (χ0n) is 45.1. The summed E-state index contributed by atoms with van der Waals surface area (Å²) in [5, 5.41) is 31.0. The number of phosphoric ester groups is 2. The van der Waals surface area contributed by atoms with E-state index in [4.69, 9.17) is 29.0 Å². The van der Waals surface area contributed by atoms with Crippen molar-refractivity contribution in [1.82, 2.24) is 9.55 Å². The highest BCUT2D eigenvalue weighted by Gasteiger charge is 2.46. The minimum absolute atomic E-state index is 0.0573. The minimum atomic E-state index is -5.45. The van der Waals surface area contributed by atoms with Crippen molar-refractivity contribution in [3.63, 3.8) is 0 Å². The molecule has 0 bridgehead atoms. The van der Waals surface area contributed by atoms with Crippen molar-refractivity contribution >= 4 is 33.4 Å². The maximum atomic E-state index is 12.9. The van der Waals surface area contributed by atoms with Crippen LogP contribution in [0.3, 0.4) is 0 Å². The molecule has 430 valence electrons. The van der Waals surface area contributed by atoms with Gasteiger partial charge in [-0.05, 0) is 56.9 Å². The second-order valence-electron chi connectivity index (χ2n) is 19.8. The molecule has 7 N–H and O–H groups in total. The van der Waals surface area contributed by atoms with Crippen molar-refractivity contribution in [1.29, 1.82) is 0 Å². The van der Waals surface area contributed by atoms with E-state index in [0.29, 0.717) is 32.1 Å². The van der Waals surface area contributed by atoms with E-state index in [1.54, 1.807) is 12.2 Å². The van der Waals surface area contributed by atoms with Crippen LogP contribution in [0.1, 0.15) is 200 Å². The van der Waals surface area contributed by atoms with E-state index in [0.717, 1.165) is 55.2 Å². The molecule has 1 aromatic heterocycles. The largest absolute Gasteiger partial charge is 0.481 e. The monoisotopic (exact) mass is 1100 g/mol. The molecule has 2 unspecified atom stereocenters. The molecule has 2 heterocycles. The Morgan fingerprint density at radius 2 is 1.33 bits per heavy atom. The number of hydrogen-bond donors (Lipinski definition) is 6. The lowest BCUT2D eigenvalue weighted by atomic mass is 10.0. The molecular formula is C54H93N3O16P2. The van der Waals surface area contributed by atoms with E-state index in [1.165, 1.54) is 96.0 Å². The van der Waals surface area contributed by atoms with Gasteiger partial charge in [0.1, 0.15) is 30.7 Å². The molecule has 1 aromatic rings. The Hall–Kier alpha value is -3.32. The number of aromatic nitrogens is 2. The van der Waals surface area contributed by atoms with Crippen LogP contribution in [0.25, 0.3) is 0 Å². The van der Waals surface area contributed by atoms with Crippen LogP contribution in [0.4, 0.5) is 5.82 Å². The highest BCUT2D eigenvalue weighted by molar-refractivity contribution is 7.61. The van der Waals surface area contributed by atoms with Crippen LogP contribution in [-0.2, 0) is 46.3 Å². The topological polar surface area (TPSA) is 286 Å². The van der Waals surface area contributed by atoms with E-state index >= 15 is 0 Å². The number of phosphoric acid groups is 2. The molecule has 21 heteroatoms. The standard InChI is InChI=1S/C54H93N3O16P2/c1-4-5-6-7-25-30-35-45(58)36-31-26-21-18-19-23-28-33-38-50(60)71-46(41-68-49(59)37-32-27-22-17-15-13-11-9-8-10-12-14-16-20-24-29-34-44(2)3)42-69-74(64,65)73-75(66,67)70-43-47-51(61)52(62)53(72-47)57-40-39-48(55)56-54(57)63/h19,21,23,25-26,30-31,36,39-40,44-47,51-53,58,61-62H,4-18,20,22,24,27-29,32-35,37-38,41-43H2,1-3H3,(H,64,65)(H,66,67)(H2,55,56,63)/b23-19-,26-21-,30-25-,36-31+/t45-,46+,47+,51+,52+,53+/m0/s1. The van der Waals surface area contributed by atoms with Gasteiger partial charge in [-0.3, -0.25) is 23.2 Å². The lowest BCUT2D eigenvalue weighted by Crippen LogP contribution is -2.36. The number of esters is 2. The summed E-state index contributed by atoms with van der Waals surface area (Å²) in [6, 6.07) is 1.24. The summed E-state index contributed by atoms with van der Waals surface area (Å²) < 4.78 is 56.8. The molecule has 2 rings (SSSR count). The first-order valence-electron chi connectivity index (χ1n) is 27.6. The highest BCUT2D eigenvalue weighted by atomic mass is 31.3. The fraction of sp³-hybridized carbons (Fsp3) is 0.741. The fourth-order valence-electron chi connectivity index (χ4n) is 8.11. The van der Waals surface area contributed by atoms with E-state index in [2.05, 4.69) is 36.1 Å². The van der Waals surface area contributed by atoms with Crippen molar-refractivity contribution in [3.8, 4) is 0 Å². The third kappa shape index (κ3) is 34.2. The maximum absolute atomic E-state index is 12.9. The smallest absolute Gasteiger partial charge is 0.462 e. The van der Waals surface area contributed by atoms with Crippen molar-refractivity contribution in [3.05, 3.63) is 71.4 Å². The zero-order valence-corrected chi connectivity index (χ0v) is 46.9. The Morgan fingerprint density at radius 1 is 0.747 bits per heavy atom. The van der Waals surface area contributed by atoms with Crippen LogP contribution in [0.5, 0.6) is 0 Å². The van der Waals surface area contributed by atoms with Gasteiger partial charge in [-0.2, -0.15) is 9.29 Å². The maximum Gasteiger partial charge on any atom is 0.481 e. The van der Waals surface area contributed by atoms with Gasteiger partial charge in [-0.25, -0.2) is 13.9 Å². The van der Waals surface area contributed by atoms with E-state index in [-0.39, 0.29) is 18.7 Å². The van der Waals surface area contributed by atoms with Crippen LogP contribution < -0.4 is 11.4 Å². The van der Waals surface area contributed by atoms with E-state index in [9.17, 15) is 48.6 Å². The Morgan fingerprint density at radius 3 is 1.96 bits per heavy atom. The number of ether oxygens (including phenoxy) is 3. The summed E-state index contributed by atoms with van der Waals surface area (Å²) in [4.78, 5) is 62.0. The molecule has 1 fully saturated rings. The summed E-state index contributed by atoms with van der Waals surface area (Å²) in [5.74, 6) is -0.595.